The molecule has 7 nitrogen and oxygen atoms in total. The number of rotatable bonds is 7. The minimum Gasteiger partial charge on any atom is -0.302 e. The maximum absolute atomic E-state index is 13.5. The molecule has 1 N–H and O–H groups in total. The summed E-state index contributed by atoms with van der Waals surface area (Å²) in [7, 11) is -3.31. The third kappa shape index (κ3) is 5.75. The Morgan fingerprint density at radius 1 is 1.19 bits per heavy atom. The fourth-order valence-electron chi connectivity index (χ4n) is 3.89. The summed E-state index contributed by atoms with van der Waals surface area (Å²) >= 11 is 1.27. The van der Waals surface area contributed by atoms with Gasteiger partial charge in [0.25, 0.3) is 0 Å². The van der Waals surface area contributed by atoms with Gasteiger partial charge in [0.1, 0.15) is 0 Å². The van der Waals surface area contributed by atoms with Crippen LogP contribution in [-0.2, 0) is 46.9 Å². The number of nitriles is 1. The number of amides is 1. The molecule has 1 amide bonds. The number of hydrogen-bond acceptors (Lipinski definition) is 7. The largest absolute Gasteiger partial charge is 0.416 e. The molecule has 36 heavy (non-hydrogen) atoms. The zero-order valence-corrected chi connectivity index (χ0v) is 20.7. The zero-order valence-electron chi connectivity index (χ0n) is 19.1. The van der Waals surface area contributed by atoms with E-state index in [0.29, 0.717) is 29.5 Å². The Hall–Kier alpha value is -3.27. The molecule has 0 saturated carbocycles. The molecule has 0 aliphatic carbocycles. The summed E-state index contributed by atoms with van der Waals surface area (Å²) < 4.78 is 64.2. The number of benzene rings is 2. The van der Waals surface area contributed by atoms with Crippen LogP contribution in [-0.4, -0.2) is 30.0 Å². The van der Waals surface area contributed by atoms with Crippen molar-refractivity contribution < 1.29 is 26.4 Å². The maximum Gasteiger partial charge on any atom is 0.416 e. The quantitative estimate of drug-likeness (QED) is 0.478. The van der Waals surface area contributed by atoms with Crippen molar-refractivity contribution >= 4 is 32.2 Å². The highest BCUT2D eigenvalue weighted by molar-refractivity contribution is 7.91. The van der Waals surface area contributed by atoms with E-state index in [1.54, 1.807) is 25.1 Å². The first kappa shape index (κ1) is 25.8. The van der Waals surface area contributed by atoms with Crippen molar-refractivity contribution in [2.75, 3.05) is 11.1 Å². The number of carbonyl (C=O) groups excluding carboxylic acids is 1. The second kappa shape index (κ2) is 10.0. The molecular weight excluding hydrogens is 513 g/mol. The Kier molecular flexibility index (Phi) is 7.17. The Bertz CT molecular complexity index is 1420. The van der Waals surface area contributed by atoms with Crippen LogP contribution in [0.2, 0.25) is 0 Å². The molecule has 0 fully saturated rings. The van der Waals surface area contributed by atoms with Gasteiger partial charge in [-0.25, -0.2) is 13.4 Å². The maximum atomic E-state index is 13.5. The first-order valence-electron chi connectivity index (χ1n) is 10.9. The Morgan fingerprint density at radius 3 is 2.53 bits per heavy atom. The van der Waals surface area contributed by atoms with Crippen LogP contribution in [0.25, 0.3) is 0 Å². The Labute approximate surface area is 210 Å². The van der Waals surface area contributed by atoms with Gasteiger partial charge >= 0.3 is 6.18 Å². The molecule has 3 aromatic rings. The summed E-state index contributed by atoms with van der Waals surface area (Å²) in [6.07, 6.45) is -4.52. The van der Waals surface area contributed by atoms with Crippen LogP contribution < -0.4 is 5.32 Å². The molecule has 0 spiro atoms. The molecule has 1 aliphatic rings. The number of anilines is 1. The van der Waals surface area contributed by atoms with E-state index >= 15 is 0 Å². The summed E-state index contributed by atoms with van der Waals surface area (Å²) in [6, 6.07) is 11.5. The first-order chi connectivity index (χ1) is 17.0. The van der Waals surface area contributed by atoms with Crippen molar-refractivity contribution in [1.82, 2.24) is 9.88 Å². The number of hydrogen-bond donors (Lipinski definition) is 1. The van der Waals surface area contributed by atoms with Gasteiger partial charge in [-0.1, -0.05) is 25.1 Å². The van der Waals surface area contributed by atoms with Crippen molar-refractivity contribution in [2.45, 2.75) is 44.1 Å². The zero-order chi connectivity index (χ0) is 26.1. The van der Waals surface area contributed by atoms with Gasteiger partial charge in [-0.3, -0.25) is 9.69 Å². The molecular formula is C24H21F3N4O3S2. The predicted molar refractivity (Wildman–Crippen MR) is 128 cm³/mol. The number of halogens is 3. The van der Waals surface area contributed by atoms with Gasteiger partial charge in [-0.15, -0.1) is 11.3 Å². The Morgan fingerprint density at radius 2 is 1.92 bits per heavy atom. The molecule has 2 heterocycles. The number of sulfone groups is 1. The highest BCUT2D eigenvalue weighted by Crippen LogP contribution is 2.36. The van der Waals surface area contributed by atoms with E-state index in [4.69, 9.17) is 5.26 Å². The fourth-order valence-corrected chi connectivity index (χ4v) is 5.80. The molecule has 2 aromatic carbocycles. The number of nitrogens with one attached hydrogen (secondary N) is 1. The van der Waals surface area contributed by atoms with E-state index in [1.807, 2.05) is 4.90 Å². The van der Waals surface area contributed by atoms with E-state index in [0.717, 1.165) is 10.9 Å². The van der Waals surface area contributed by atoms with Crippen LogP contribution in [0.1, 0.15) is 39.7 Å². The molecule has 4 rings (SSSR count). The van der Waals surface area contributed by atoms with E-state index in [2.05, 4.69) is 10.3 Å². The van der Waals surface area contributed by atoms with Crippen molar-refractivity contribution in [3.8, 4) is 6.07 Å². The molecule has 0 bridgehead atoms. The molecule has 0 unspecified atom stereocenters. The lowest BCUT2D eigenvalue weighted by atomic mass is 10.0. The third-order valence-electron chi connectivity index (χ3n) is 5.73. The topological polar surface area (TPSA) is 103 Å². The lowest BCUT2D eigenvalue weighted by Gasteiger charge is -2.19. The summed E-state index contributed by atoms with van der Waals surface area (Å²) in [5, 5.41) is 12.1. The van der Waals surface area contributed by atoms with Gasteiger partial charge in [0.2, 0.25) is 5.91 Å². The van der Waals surface area contributed by atoms with Crippen LogP contribution >= 0.6 is 11.3 Å². The molecule has 12 heteroatoms. The normalized spacial score (nSPS) is 13.9. The molecule has 1 aliphatic heterocycles. The summed E-state index contributed by atoms with van der Waals surface area (Å²) in [4.78, 5) is 19.7. The van der Waals surface area contributed by atoms with E-state index in [9.17, 15) is 26.4 Å². The van der Waals surface area contributed by atoms with Crippen molar-refractivity contribution in [2.24, 2.45) is 0 Å². The van der Waals surface area contributed by atoms with Gasteiger partial charge in [0.05, 0.1) is 40.0 Å². The molecule has 0 radical (unpaired) electrons. The van der Waals surface area contributed by atoms with Crippen LogP contribution in [0, 0.1) is 11.3 Å². The average molecular weight is 535 g/mol. The molecule has 0 saturated heterocycles. The summed E-state index contributed by atoms with van der Waals surface area (Å²) in [5.41, 5.74) is 0.573. The molecule has 0 atom stereocenters. The SMILES string of the molecule is CCS(=O)(=O)c1ccc(CC(=O)Nc2nc3c(s2)CN(Cc2ccc(C#N)cc2C(F)(F)F)C3)cc1. The monoisotopic (exact) mass is 534 g/mol. The molecule has 1 aromatic heterocycles. The molecule has 188 valence electrons. The predicted octanol–water partition coefficient (Wildman–Crippen LogP) is 4.52. The number of nitrogens with zero attached hydrogens (tertiary/aromatic N) is 3. The van der Waals surface area contributed by atoms with Gasteiger partial charge in [-0.05, 0) is 35.4 Å². The minimum absolute atomic E-state index is 0.00403. The van der Waals surface area contributed by atoms with Crippen molar-refractivity contribution in [3.05, 3.63) is 75.3 Å². The summed E-state index contributed by atoms with van der Waals surface area (Å²) in [5.74, 6) is -0.312. The Balaban J connectivity index is 1.36. The lowest BCUT2D eigenvalue weighted by molar-refractivity contribution is -0.138. The minimum atomic E-state index is -4.56. The number of aromatic nitrogens is 1. The van der Waals surface area contributed by atoms with E-state index < -0.39 is 21.6 Å². The second-order valence-electron chi connectivity index (χ2n) is 8.29. The van der Waals surface area contributed by atoms with Crippen molar-refractivity contribution in [3.63, 3.8) is 0 Å². The van der Waals surface area contributed by atoms with Crippen LogP contribution in [0.3, 0.4) is 0 Å². The van der Waals surface area contributed by atoms with E-state index in [1.165, 1.54) is 35.6 Å². The second-order valence-corrected chi connectivity index (χ2v) is 11.6. The van der Waals surface area contributed by atoms with Crippen LogP contribution in [0.4, 0.5) is 18.3 Å². The first-order valence-corrected chi connectivity index (χ1v) is 13.4. The lowest BCUT2D eigenvalue weighted by Crippen LogP contribution is -2.20. The average Bonchev–Trinajstić information content (AvgIpc) is 3.36. The standard InChI is InChI=1S/C24H21F3N4O3S2/c1-2-36(33,34)18-7-4-15(5-8-18)10-22(32)30-23-29-20-13-31(14-21(20)35-23)12-17-6-3-16(11-28)9-19(17)24(25,26)27/h3-9H,2,10,12-14H2,1H3,(H,29,30,32). The highest BCUT2D eigenvalue weighted by atomic mass is 32.2. The van der Waals surface area contributed by atoms with Gasteiger partial charge in [-0.2, -0.15) is 18.4 Å². The highest BCUT2D eigenvalue weighted by Gasteiger charge is 2.35. The van der Waals surface area contributed by atoms with Gasteiger partial charge < -0.3 is 5.32 Å². The van der Waals surface area contributed by atoms with Gasteiger partial charge in [0.15, 0.2) is 15.0 Å². The van der Waals surface area contributed by atoms with E-state index in [-0.39, 0.29) is 40.6 Å². The summed E-state index contributed by atoms with van der Waals surface area (Å²) in [6.45, 7) is 2.35. The number of thiazole rings is 1. The van der Waals surface area contributed by atoms with Crippen LogP contribution in [0.15, 0.2) is 47.4 Å². The number of carbonyl (C=O) groups is 1. The fraction of sp³-hybridized carbons (Fsp3) is 0.292. The van der Waals surface area contributed by atoms with Crippen molar-refractivity contribution in [1.29, 1.82) is 5.26 Å². The number of fused-ring (bicyclic) bond motifs is 1. The third-order valence-corrected chi connectivity index (χ3v) is 8.48. The number of alkyl halides is 3. The smallest absolute Gasteiger partial charge is 0.302 e. The van der Waals surface area contributed by atoms with Gasteiger partial charge in [0, 0.05) is 24.5 Å². The van der Waals surface area contributed by atoms with Crippen LogP contribution in [0.5, 0.6) is 0 Å².